The number of methoxy groups -OCH3 is 4. The van der Waals surface area contributed by atoms with Crippen molar-refractivity contribution in [2.45, 2.75) is 12.2 Å². The van der Waals surface area contributed by atoms with Gasteiger partial charge in [0.25, 0.3) is 0 Å². The van der Waals surface area contributed by atoms with Crippen molar-refractivity contribution in [3.05, 3.63) is 46.9 Å². The molecule has 0 saturated heterocycles. The lowest BCUT2D eigenvalue weighted by Gasteiger charge is -2.13. The maximum absolute atomic E-state index is 12.7. The van der Waals surface area contributed by atoms with Crippen LogP contribution in [0, 0.1) is 0 Å². The highest BCUT2D eigenvalue weighted by molar-refractivity contribution is 7.87. The third-order valence-corrected chi connectivity index (χ3v) is 5.42. The Balaban J connectivity index is 2.17. The number of benzene rings is 2. The van der Waals surface area contributed by atoms with Crippen LogP contribution in [0.5, 0.6) is 23.0 Å². The molecule has 2 N–H and O–H groups in total. The fourth-order valence-electron chi connectivity index (χ4n) is 2.84. The summed E-state index contributed by atoms with van der Waals surface area (Å²) < 4.78 is 34.0. The highest BCUT2D eigenvalue weighted by atomic mass is 32.2. The average Bonchev–Trinajstić information content (AvgIpc) is 2.77. The summed E-state index contributed by atoms with van der Waals surface area (Å²) in [6, 6.07) is 8.84. The van der Waals surface area contributed by atoms with Crippen molar-refractivity contribution in [2.75, 3.05) is 40.3 Å². The number of rotatable bonds is 12. The van der Waals surface area contributed by atoms with E-state index in [1.165, 1.54) is 7.11 Å². The minimum absolute atomic E-state index is 0.0203. The van der Waals surface area contributed by atoms with E-state index in [0.29, 0.717) is 34.2 Å². The molecule has 8 nitrogen and oxygen atoms in total. The fourth-order valence-corrected chi connectivity index (χ4v) is 3.73. The second-order valence-corrected chi connectivity index (χ2v) is 7.70. The number of aliphatic carboxylic acids is 1. The first kappa shape index (κ1) is 24.1. The largest absolute Gasteiger partial charge is 0.496 e. The maximum atomic E-state index is 12.7. The second-order valence-electron chi connectivity index (χ2n) is 6.38. The van der Waals surface area contributed by atoms with Crippen LogP contribution in [0.15, 0.2) is 35.7 Å². The lowest BCUT2D eigenvalue weighted by molar-refractivity contribution is -0.136. The number of hydrogen-bond donors (Lipinski definition) is 2. The molecule has 168 valence electrons. The molecule has 0 radical (unpaired) electrons. The zero-order valence-corrected chi connectivity index (χ0v) is 18.8. The molecule has 0 saturated carbocycles. The van der Waals surface area contributed by atoms with Crippen LogP contribution in [0.3, 0.4) is 0 Å². The fraction of sp³-hybridized carbons (Fsp3) is 0.318. The maximum Gasteiger partial charge on any atom is 0.305 e. The summed E-state index contributed by atoms with van der Waals surface area (Å²) in [6.07, 6.45) is 1.68. The minimum atomic E-state index is -1.31. The van der Waals surface area contributed by atoms with Gasteiger partial charge in [0.1, 0.15) is 23.0 Å². The van der Waals surface area contributed by atoms with Crippen molar-refractivity contribution in [3.8, 4) is 23.0 Å². The highest BCUT2D eigenvalue weighted by Crippen LogP contribution is 2.35. The molecular formula is C22H27NO7S. The Bertz CT molecular complexity index is 934. The molecule has 0 aliphatic rings. The van der Waals surface area contributed by atoms with Crippen LogP contribution in [0.2, 0.25) is 0 Å². The van der Waals surface area contributed by atoms with Gasteiger partial charge >= 0.3 is 5.97 Å². The van der Waals surface area contributed by atoms with Gasteiger partial charge in [0.05, 0.1) is 62.7 Å². The summed E-state index contributed by atoms with van der Waals surface area (Å²) in [6.45, 7) is 0.259. The van der Waals surface area contributed by atoms with Crippen molar-refractivity contribution in [1.82, 2.24) is 0 Å². The van der Waals surface area contributed by atoms with E-state index in [0.717, 1.165) is 5.56 Å². The second kappa shape index (κ2) is 11.8. The standard InChI is InChI=1S/C22H27NO7S/c1-27-16-12-20(29-3)17(21(13-16)30-4)8-10-31(26)14-15-5-6-19(28-2)18(11-15)23-9-7-22(24)25/h5-6,8,10-13,23H,7,9,14H2,1-4H3,(H,24,25). The molecule has 0 heterocycles. The summed E-state index contributed by atoms with van der Waals surface area (Å²) in [5.41, 5.74) is 2.13. The van der Waals surface area contributed by atoms with Crippen molar-refractivity contribution in [2.24, 2.45) is 0 Å². The third-order valence-electron chi connectivity index (χ3n) is 4.37. The van der Waals surface area contributed by atoms with E-state index in [-0.39, 0.29) is 18.7 Å². The Morgan fingerprint density at radius 1 is 1.00 bits per heavy atom. The SMILES string of the molecule is COc1cc(OC)c(C=CS(=O)Cc2ccc(OC)c(NCCC(=O)O)c2)c(OC)c1. The first-order valence-corrected chi connectivity index (χ1v) is 10.8. The van der Waals surface area contributed by atoms with E-state index in [9.17, 15) is 9.00 Å². The topological polar surface area (TPSA) is 103 Å². The summed E-state index contributed by atoms with van der Waals surface area (Å²) in [5, 5.41) is 13.4. The van der Waals surface area contributed by atoms with E-state index in [1.54, 1.807) is 57.1 Å². The van der Waals surface area contributed by atoms with Gasteiger partial charge in [-0.15, -0.1) is 0 Å². The molecule has 0 bridgehead atoms. The van der Waals surface area contributed by atoms with Crippen LogP contribution in [0.4, 0.5) is 5.69 Å². The Labute approximate surface area is 184 Å². The van der Waals surface area contributed by atoms with Crippen LogP contribution in [-0.4, -0.2) is 50.3 Å². The smallest absolute Gasteiger partial charge is 0.305 e. The van der Waals surface area contributed by atoms with E-state index >= 15 is 0 Å². The van der Waals surface area contributed by atoms with Gasteiger partial charge in [-0.3, -0.25) is 9.00 Å². The number of carboxylic acids is 1. The van der Waals surface area contributed by atoms with E-state index in [4.69, 9.17) is 24.1 Å². The quantitative estimate of drug-likeness (QED) is 0.507. The van der Waals surface area contributed by atoms with E-state index < -0.39 is 16.8 Å². The van der Waals surface area contributed by atoms with Gasteiger partial charge in [-0.1, -0.05) is 6.07 Å². The van der Waals surface area contributed by atoms with Crippen LogP contribution in [0.1, 0.15) is 17.5 Å². The summed E-state index contributed by atoms with van der Waals surface area (Å²) in [4.78, 5) is 10.7. The lowest BCUT2D eigenvalue weighted by atomic mass is 10.1. The number of hydrogen-bond acceptors (Lipinski definition) is 7. The van der Waals surface area contributed by atoms with Gasteiger partial charge in [0, 0.05) is 24.1 Å². The number of carboxylic acid groups (broad SMARTS) is 1. The van der Waals surface area contributed by atoms with Crippen LogP contribution in [-0.2, 0) is 21.3 Å². The predicted molar refractivity (Wildman–Crippen MR) is 121 cm³/mol. The highest BCUT2D eigenvalue weighted by Gasteiger charge is 2.12. The molecule has 1 unspecified atom stereocenters. The molecule has 31 heavy (non-hydrogen) atoms. The molecule has 0 aromatic heterocycles. The van der Waals surface area contributed by atoms with E-state index in [2.05, 4.69) is 5.32 Å². The average molecular weight is 450 g/mol. The van der Waals surface area contributed by atoms with Crippen LogP contribution in [0.25, 0.3) is 6.08 Å². The predicted octanol–water partition coefficient (Wildman–Crippen LogP) is 3.53. The normalized spacial score (nSPS) is 11.7. The zero-order valence-electron chi connectivity index (χ0n) is 18.0. The minimum Gasteiger partial charge on any atom is -0.496 e. The lowest BCUT2D eigenvalue weighted by Crippen LogP contribution is -2.08. The number of carbonyl (C=O) groups is 1. The van der Waals surface area contributed by atoms with Crippen LogP contribution < -0.4 is 24.3 Å². The molecule has 0 aliphatic carbocycles. The molecule has 2 aromatic rings. The first-order valence-electron chi connectivity index (χ1n) is 9.39. The number of ether oxygens (including phenoxy) is 4. The van der Waals surface area contributed by atoms with Crippen molar-refractivity contribution in [3.63, 3.8) is 0 Å². The Hall–Kier alpha value is -3.20. The molecule has 2 rings (SSSR count). The summed E-state index contributed by atoms with van der Waals surface area (Å²) in [5.74, 6) is 1.64. The van der Waals surface area contributed by atoms with Crippen molar-refractivity contribution < 1.29 is 33.1 Å². The zero-order chi connectivity index (χ0) is 22.8. The van der Waals surface area contributed by atoms with Gasteiger partial charge in [-0.2, -0.15) is 0 Å². The van der Waals surface area contributed by atoms with Gasteiger partial charge in [-0.25, -0.2) is 0 Å². The molecular weight excluding hydrogens is 422 g/mol. The molecule has 0 aliphatic heterocycles. The summed E-state index contributed by atoms with van der Waals surface area (Å²) in [7, 11) is 4.86. The molecule has 9 heteroatoms. The number of nitrogens with one attached hydrogen (secondary N) is 1. The molecule has 2 aromatic carbocycles. The summed E-state index contributed by atoms with van der Waals surface area (Å²) >= 11 is 0. The number of anilines is 1. The van der Waals surface area contributed by atoms with Crippen molar-refractivity contribution >= 4 is 28.5 Å². The molecule has 1 atom stereocenters. The van der Waals surface area contributed by atoms with Crippen LogP contribution >= 0.6 is 0 Å². The molecule has 0 amide bonds. The monoisotopic (exact) mass is 449 g/mol. The van der Waals surface area contributed by atoms with E-state index in [1.807, 2.05) is 6.07 Å². The Morgan fingerprint density at radius 2 is 1.65 bits per heavy atom. The van der Waals surface area contributed by atoms with Crippen molar-refractivity contribution in [1.29, 1.82) is 0 Å². The van der Waals surface area contributed by atoms with Gasteiger partial charge in [0.15, 0.2) is 0 Å². The van der Waals surface area contributed by atoms with Gasteiger partial charge < -0.3 is 29.4 Å². The Kier molecular flexibility index (Phi) is 9.20. The Morgan fingerprint density at radius 3 is 2.19 bits per heavy atom. The first-order chi connectivity index (χ1) is 14.9. The van der Waals surface area contributed by atoms with Gasteiger partial charge in [0.2, 0.25) is 0 Å². The third kappa shape index (κ3) is 6.92. The molecule has 0 fully saturated rings. The van der Waals surface area contributed by atoms with Gasteiger partial charge in [-0.05, 0) is 23.8 Å². The molecule has 0 spiro atoms.